The minimum Gasteiger partial charge on any atom is -0.352 e. The molecule has 24 heavy (non-hydrogen) atoms. The van der Waals surface area contributed by atoms with Crippen LogP contribution in [0.5, 0.6) is 0 Å². The van der Waals surface area contributed by atoms with Crippen molar-refractivity contribution >= 4 is 31.8 Å². The van der Waals surface area contributed by atoms with Gasteiger partial charge in [0.2, 0.25) is 10.0 Å². The molecule has 1 saturated heterocycles. The minimum atomic E-state index is -3.52. The van der Waals surface area contributed by atoms with Crippen LogP contribution in [-0.4, -0.2) is 48.9 Å². The van der Waals surface area contributed by atoms with Gasteiger partial charge < -0.3 is 4.90 Å². The molecule has 1 aliphatic rings. The molecule has 0 atom stereocenters. The van der Waals surface area contributed by atoms with Gasteiger partial charge in [-0.2, -0.15) is 9.57 Å². The third-order valence-corrected chi connectivity index (χ3v) is 6.22. The number of benzene rings is 1. The highest BCUT2D eigenvalue weighted by atomic mass is 79.9. The highest BCUT2D eigenvalue weighted by Gasteiger charge is 2.29. The van der Waals surface area contributed by atoms with E-state index in [1.165, 1.54) is 16.7 Å². The van der Waals surface area contributed by atoms with E-state index in [9.17, 15) is 8.42 Å². The lowest BCUT2D eigenvalue weighted by Gasteiger charge is -2.34. The normalized spacial score (nSPS) is 15.9. The second-order valence-electron chi connectivity index (χ2n) is 5.19. The second-order valence-corrected chi connectivity index (χ2v) is 8.04. The molecule has 7 nitrogen and oxygen atoms in total. The molecule has 0 spiro atoms. The number of sulfonamides is 1. The molecule has 2 heterocycles. The van der Waals surface area contributed by atoms with E-state index in [1.54, 1.807) is 24.3 Å². The lowest BCUT2D eigenvalue weighted by Crippen LogP contribution is -2.49. The molecule has 1 aromatic carbocycles. The van der Waals surface area contributed by atoms with Crippen LogP contribution in [0.25, 0.3) is 0 Å². The molecule has 0 N–H and O–H groups in total. The number of anilines is 1. The quantitative estimate of drug-likeness (QED) is 0.767. The summed E-state index contributed by atoms with van der Waals surface area (Å²) in [4.78, 5) is 10.4. The molecule has 2 aromatic rings. The van der Waals surface area contributed by atoms with Crippen molar-refractivity contribution in [2.75, 3.05) is 31.1 Å². The molecule has 0 radical (unpaired) electrons. The van der Waals surface area contributed by atoms with Gasteiger partial charge in [-0.25, -0.2) is 18.4 Å². The molecule has 0 amide bonds. The van der Waals surface area contributed by atoms with Gasteiger partial charge >= 0.3 is 0 Å². The van der Waals surface area contributed by atoms with E-state index in [0.717, 1.165) is 4.47 Å². The fourth-order valence-electron chi connectivity index (χ4n) is 2.54. The Labute approximate surface area is 148 Å². The monoisotopic (exact) mass is 407 g/mol. The summed E-state index contributed by atoms with van der Waals surface area (Å²) in [6.07, 6.45) is 3.00. The molecule has 1 aromatic heterocycles. The first kappa shape index (κ1) is 16.8. The van der Waals surface area contributed by atoms with Gasteiger partial charge in [-0.15, -0.1) is 0 Å². The summed E-state index contributed by atoms with van der Waals surface area (Å²) in [5, 5.41) is 9.11. The van der Waals surface area contributed by atoms with Crippen molar-refractivity contribution in [1.82, 2.24) is 14.3 Å². The standard InChI is InChI=1S/C15H14BrN5O2S/c16-12-1-3-13(4-2-12)24(22,23)21-9-7-20(8-10-21)15-14(11-17)18-5-6-19-15/h1-6H,7-10H2. The third kappa shape index (κ3) is 3.26. The largest absolute Gasteiger partial charge is 0.352 e. The highest BCUT2D eigenvalue weighted by Crippen LogP contribution is 2.22. The summed E-state index contributed by atoms with van der Waals surface area (Å²) in [6.45, 7) is 1.59. The van der Waals surface area contributed by atoms with E-state index in [2.05, 4.69) is 25.9 Å². The van der Waals surface area contributed by atoms with Crippen molar-refractivity contribution in [2.45, 2.75) is 4.90 Å². The Kier molecular flexibility index (Phi) is 4.80. The van der Waals surface area contributed by atoms with Crippen LogP contribution in [0.4, 0.5) is 5.82 Å². The molecule has 3 rings (SSSR count). The zero-order valence-electron chi connectivity index (χ0n) is 12.6. The molecule has 1 fully saturated rings. The van der Waals surface area contributed by atoms with Gasteiger partial charge in [0.1, 0.15) is 6.07 Å². The van der Waals surface area contributed by atoms with Gasteiger partial charge in [0.05, 0.1) is 4.90 Å². The van der Waals surface area contributed by atoms with E-state index < -0.39 is 10.0 Å². The second kappa shape index (κ2) is 6.84. The molecular weight excluding hydrogens is 394 g/mol. The summed E-state index contributed by atoms with van der Waals surface area (Å²) in [5.41, 5.74) is 0.252. The van der Waals surface area contributed by atoms with Crippen molar-refractivity contribution in [3.8, 4) is 6.07 Å². The summed E-state index contributed by atoms with van der Waals surface area (Å²) in [6, 6.07) is 8.61. The number of rotatable bonds is 3. The summed E-state index contributed by atoms with van der Waals surface area (Å²) in [7, 11) is -3.52. The van der Waals surface area contributed by atoms with Gasteiger partial charge in [0.15, 0.2) is 11.5 Å². The van der Waals surface area contributed by atoms with Crippen molar-refractivity contribution < 1.29 is 8.42 Å². The highest BCUT2D eigenvalue weighted by molar-refractivity contribution is 9.10. The molecule has 1 aliphatic heterocycles. The maximum Gasteiger partial charge on any atom is 0.243 e. The Hall–Kier alpha value is -2.02. The van der Waals surface area contributed by atoms with Crippen LogP contribution in [0, 0.1) is 11.3 Å². The average molecular weight is 408 g/mol. The van der Waals surface area contributed by atoms with Gasteiger partial charge in [-0.1, -0.05) is 15.9 Å². The van der Waals surface area contributed by atoms with Gasteiger partial charge in [-0.05, 0) is 24.3 Å². The molecule has 0 aliphatic carbocycles. The van der Waals surface area contributed by atoms with Gasteiger partial charge in [0, 0.05) is 43.0 Å². The van der Waals surface area contributed by atoms with E-state index in [-0.39, 0.29) is 10.6 Å². The Morgan fingerprint density at radius 3 is 2.29 bits per heavy atom. The van der Waals surface area contributed by atoms with E-state index in [4.69, 9.17) is 5.26 Å². The molecular formula is C15H14BrN5O2S. The van der Waals surface area contributed by atoms with Crippen LogP contribution < -0.4 is 4.90 Å². The molecule has 0 unspecified atom stereocenters. The lowest BCUT2D eigenvalue weighted by molar-refractivity contribution is 0.383. The number of halogens is 1. The number of aromatic nitrogens is 2. The fraction of sp³-hybridized carbons (Fsp3) is 0.267. The van der Waals surface area contributed by atoms with Crippen molar-refractivity contribution in [2.24, 2.45) is 0 Å². The Morgan fingerprint density at radius 1 is 1.04 bits per heavy atom. The maximum absolute atomic E-state index is 12.7. The summed E-state index contributed by atoms with van der Waals surface area (Å²) in [5.74, 6) is 0.501. The Balaban J connectivity index is 1.75. The van der Waals surface area contributed by atoms with Crippen LogP contribution in [-0.2, 0) is 10.0 Å². The van der Waals surface area contributed by atoms with E-state index in [1.807, 2.05) is 11.0 Å². The predicted molar refractivity (Wildman–Crippen MR) is 91.9 cm³/mol. The van der Waals surface area contributed by atoms with Crippen LogP contribution in [0.1, 0.15) is 5.69 Å². The predicted octanol–water partition coefficient (Wildman–Crippen LogP) is 1.62. The summed E-state index contributed by atoms with van der Waals surface area (Å²) < 4.78 is 27.6. The average Bonchev–Trinajstić information content (AvgIpc) is 2.62. The van der Waals surface area contributed by atoms with E-state index >= 15 is 0 Å². The van der Waals surface area contributed by atoms with Crippen LogP contribution in [0.3, 0.4) is 0 Å². The number of piperazine rings is 1. The van der Waals surface area contributed by atoms with Crippen molar-refractivity contribution in [3.05, 3.63) is 46.8 Å². The maximum atomic E-state index is 12.7. The zero-order chi connectivity index (χ0) is 17.2. The lowest BCUT2D eigenvalue weighted by atomic mass is 10.3. The molecule has 0 saturated carbocycles. The summed E-state index contributed by atoms with van der Waals surface area (Å²) >= 11 is 3.30. The molecule has 9 heteroatoms. The first-order valence-electron chi connectivity index (χ1n) is 7.24. The van der Waals surface area contributed by atoms with Crippen molar-refractivity contribution in [3.63, 3.8) is 0 Å². The van der Waals surface area contributed by atoms with Crippen molar-refractivity contribution in [1.29, 1.82) is 5.26 Å². The Morgan fingerprint density at radius 2 is 1.67 bits per heavy atom. The van der Waals surface area contributed by atoms with Gasteiger partial charge in [-0.3, -0.25) is 0 Å². The van der Waals surface area contributed by atoms with Crippen LogP contribution >= 0.6 is 15.9 Å². The number of hydrogen-bond donors (Lipinski definition) is 0. The van der Waals surface area contributed by atoms with Gasteiger partial charge in [0.25, 0.3) is 0 Å². The topological polar surface area (TPSA) is 90.2 Å². The zero-order valence-corrected chi connectivity index (χ0v) is 15.0. The van der Waals surface area contributed by atoms with Crippen LogP contribution in [0.2, 0.25) is 0 Å². The van der Waals surface area contributed by atoms with Crippen LogP contribution in [0.15, 0.2) is 46.0 Å². The SMILES string of the molecule is N#Cc1nccnc1N1CCN(S(=O)(=O)c2ccc(Br)cc2)CC1. The first-order valence-corrected chi connectivity index (χ1v) is 9.47. The minimum absolute atomic E-state index is 0.252. The smallest absolute Gasteiger partial charge is 0.243 e. The van der Waals surface area contributed by atoms with E-state index in [0.29, 0.717) is 32.0 Å². The number of nitrogens with zero attached hydrogens (tertiary/aromatic N) is 5. The molecule has 0 bridgehead atoms. The number of hydrogen-bond acceptors (Lipinski definition) is 6. The number of nitriles is 1. The Bertz CT molecular complexity index is 871. The first-order chi connectivity index (χ1) is 11.5. The fourth-order valence-corrected chi connectivity index (χ4v) is 4.22. The third-order valence-electron chi connectivity index (χ3n) is 3.77. The molecule has 124 valence electrons.